The topological polar surface area (TPSA) is 32.7 Å². The SMILES string of the molecule is CCN(CO)CCOC. The number of methoxy groups -OCH3 is 1. The molecule has 0 bridgehead atoms. The van der Waals surface area contributed by atoms with Crippen LogP contribution in [0.15, 0.2) is 0 Å². The minimum Gasteiger partial charge on any atom is -0.383 e. The third-order valence-corrected chi connectivity index (χ3v) is 1.26. The summed E-state index contributed by atoms with van der Waals surface area (Å²) < 4.78 is 4.82. The van der Waals surface area contributed by atoms with E-state index in [1.54, 1.807) is 7.11 Å². The van der Waals surface area contributed by atoms with Gasteiger partial charge in [-0.25, -0.2) is 0 Å². The fourth-order valence-corrected chi connectivity index (χ4v) is 0.549. The van der Waals surface area contributed by atoms with Crippen molar-refractivity contribution in [2.45, 2.75) is 6.92 Å². The average Bonchev–Trinajstić information content (AvgIpc) is 1.91. The zero-order valence-corrected chi connectivity index (χ0v) is 6.13. The van der Waals surface area contributed by atoms with E-state index in [4.69, 9.17) is 9.84 Å². The third-order valence-electron chi connectivity index (χ3n) is 1.26. The normalized spacial score (nSPS) is 10.7. The number of aliphatic hydroxyl groups excluding tert-OH is 1. The molecule has 0 spiro atoms. The van der Waals surface area contributed by atoms with Crippen LogP contribution in [0.25, 0.3) is 0 Å². The highest BCUT2D eigenvalue weighted by Crippen LogP contribution is 1.83. The Morgan fingerprint density at radius 2 is 2.22 bits per heavy atom. The fraction of sp³-hybridized carbons (Fsp3) is 1.00. The Hall–Kier alpha value is -0.120. The first kappa shape index (κ1) is 8.88. The van der Waals surface area contributed by atoms with Crippen molar-refractivity contribution in [3.63, 3.8) is 0 Å². The van der Waals surface area contributed by atoms with Gasteiger partial charge in [0.2, 0.25) is 0 Å². The van der Waals surface area contributed by atoms with E-state index in [2.05, 4.69) is 0 Å². The Bertz CT molecular complexity index is 55.0. The van der Waals surface area contributed by atoms with E-state index in [-0.39, 0.29) is 6.73 Å². The van der Waals surface area contributed by atoms with E-state index in [9.17, 15) is 0 Å². The molecule has 56 valence electrons. The molecule has 9 heavy (non-hydrogen) atoms. The van der Waals surface area contributed by atoms with Gasteiger partial charge in [0.25, 0.3) is 0 Å². The zero-order valence-electron chi connectivity index (χ0n) is 6.13. The lowest BCUT2D eigenvalue weighted by Gasteiger charge is -2.15. The molecule has 0 saturated heterocycles. The monoisotopic (exact) mass is 133 g/mol. The van der Waals surface area contributed by atoms with Crippen molar-refractivity contribution in [1.82, 2.24) is 4.90 Å². The number of likely N-dealkylation sites (N-methyl/N-ethyl adjacent to an activating group) is 1. The summed E-state index contributed by atoms with van der Waals surface area (Å²) in [6.45, 7) is 4.50. The van der Waals surface area contributed by atoms with Gasteiger partial charge in [0.15, 0.2) is 0 Å². The highest BCUT2D eigenvalue weighted by atomic mass is 16.5. The summed E-state index contributed by atoms with van der Waals surface area (Å²) in [6, 6.07) is 0. The maximum absolute atomic E-state index is 8.62. The van der Waals surface area contributed by atoms with Gasteiger partial charge in [0, 0.05) is 13.7 Å². The highest BCUT2D eigenvalue weighted by Gasteiger charge is 1.96. The summed E-state index contributed by atoms with van der Waals surface area (Å²) in [7, 11) is 1.66. The van der Waals surface area contributed by atoms with Gasteiger partial charge >= 0.3 is 0 Å². The molecule has 0 heterocycles. The fourth-order valence-electron chi connectivity index (χ4n) is 0.549. The molecule has 0 aliphatic carbocycles. The molecule has 0 rings (SSSR count). The quantitative estimate of drug-likeness (QED) is 0.532. The maximum atomic E-state index is 8.62. The minimum atomic E-state index is 0.125. The molecular formula is C6H15NO2. The molecule has 0 radical (unpaired) electrons. The Morgan fingerprint density at radius 3 is 2.56 bits per heavy atom. The van der Waals surface area contributed by atoms with Crippen LogP contribution in [0, 0.1) is 0 Å². The number of hydrogen-bond acceptors (Lipinski definition) is 3. The summed E-state index contributed by atoms with van der Waals surface area (Å²) in [4.78, 5) is 1.89. The van der Waals surface area contributed by atoms with E-state index < -0.39 is 0 Å². The largest absolute Gasteiger partial charge is 0.383 e. The number of aliphatic hydroxyl groups is 1. The molecule has 0 unspecified atom stereocenters. The number of nitrogens with zero attached hydrogens (tertiary/aromatic N) is 1. The van der Waals surface area contributed by atoms with Crippen molar-refractivity contribution in [3.05, 3.63) is 0 Å². The smallest absolute Gasteiger partial charge is 0.0957 e. The first-order valence-electron chi connectivity index (χ1n) is 3.17. The molecule has 0 aromatic heterocycles. The lowest BCUT2D eigenvalue weighted by atomic mass is 10.5. The summed E-state index contributed by atoms with van der Waals surface area (Å²) in [6.07, 6.45) is 0. The molecule has 3 nitrogen and oxygen atoms in total. The molecule has 0 fully saturated rings. The molecule has 0 aliphatic rings. The van der Waals surface area contributed by atoms with Crippen LogP contribution in [0.2, 0.25) is 0 Å². The minimum absolute atomic E-state index is 0.125. The Balaban J connectivity index is 3.09. The van der Waals surface area contributed by atoms with Gasteiger partial charge < -0.3 is 9.84 Å². The van der Waals surface area contributed by atoms with Crippen molar-refractivity contribution in [1.29, 1.82) is 0 Å². The van der Waals surface area contributed by atoms with Crippen molar-refractivity contribution in [3.8, 4) is 0 Å². The standard InChI is InChI=1S/C6H15NO2/c1-3-7(6-8)4-5-9-2/h8H,3-6H2,1-2H3. The molecule has 0 aromatic rings. The second kappa shape index (κ2) is 6.01. The Labute approximate surface area is 56.2 Å². The van der Waals surface area contributed by atoms with E-state index in [1.165, 1.54) is 0 Å². The Kier molecular flexibility index (Phi) is 5.93. The first-order valence-corrected chi connectivity index (χ1v) is 3.17. The van der Waals surface area contributed by atoms with Gasteiger partial charge in [-0.2, -0.15) is 0 Å². The maximum Gasteiger partial charge on any atom is 0.0957 e. The summed E-state index contributed by atoms with van der Waals surface area (Å²) >= 11 is 0. The first-order chi connectivity index (χ1) is 4.35. The third kappa shape index (κ3) is 4.39. The molecule has 1 N–H and O–H groups in total. The number of ether oxygens (including phenoxy) is 1. The van der Waals surface area contributed by atoms with Crippen molar-refractivity contribution >= 4 is 0 Å². The summed E-state index contributed by atoms with van der Waals surface area (Å²) in [5.41, 5.74) is 0. The van der Waals surface area contributed by atoms with Gasteiger partial charge in [0.05, 0.1) is 13.3 Å². The zero-order chi connectivity index (χ0) is 7.11. The number of hydrogen-bond donors (Lipinski definition) is 1. The van der Waals surface area contributed by atoms with Crippen LogP contribution in [0.1, 0.15) is 6.92 Å². The van der Waals surface area contributed by atoms with E-state index in [1.807, 2.05) is 11.8 Å². The molecule has 3 heteroatoms. The van der Waals surface area contributed by atoms with Crippen LogP contribution >= 0.6 is 0 Å². The molecular weight excluding hydrogens is 118 g/mol. The summed E-state index contributed by atoms with van der Waals surface area (Å²) in [5.74, 6) is 0. The molecule has 0 aliphatic heterocycles. The van der Waals surface area contributed by atoms with Crippen molar-refractivity contribution < 1.29 is 9.84 Å². The van der Waals surface area contributed by atoms with Gasteiger partial charge in [-0.3, -0.25) is 4.90 Å². The molecule has 0 amide bonds. The van der Waals surface area contributed by atoms with Crippen LogP contribution in [0.3, 0.4) is 0 Å². The lowest BCUT2D eigenvalue weighted by Crippen LogP contribution is -2.27. The number of rotatable bonds is 5. The molecule has 0 atom stereocenters. The van der Waals surface area contributed by atoms with Gasteiger partial charge in [0.1, 0.15) is 0 Å². The predicted octanol–water partition coefficient (Wildman–Crippen LogP) is -0.0955. The van der Waals surface area contributed by atoms with E-state index >= 15 is 0 Å². The average molecular weight is 133 g/mol. The predicted molar refractivity (Wildman–Crippen MR) is 36.2 cm³/mol. The highest BCUT2D eigenvalue weighted by molar-refractivity contribution is 4.45. The van der Waals surface area contributed by atoms with Crippen LogP contribution < -0.4 is 0 Å². The van der Waals surface area contributed by atoms with Crippen LogP contribution in [-0.2, 0) is 4.74 Å². The van der Waals surface area contributed by atoms with Gasteiger partial charge in [-0.15, -0.1) is 0 Å². The second-order valence-corrected chi connectivity index (χ2v) is 1.84. The molecule has 0 aromatic carbocycles. The van der Waals surface area contributed by atoms with Gasteiger partial charge in [-0.05, 0) is 6.54 Å². The van der Waals surface area contributed by atoms with Crippen molar-refractivity contribution in [2.75, 3.05) is 33.5 Å². The lowest BCUT2D eigenvalue weighted by molar-refractivity contribution is 0.0793. The van der Waals surface area contributed by atoms with Crippen LogP contribution in [-0.4, -0.2) is 43.5 Å². The van der Waals surface area contributed by atoms with E-state index in [0.717, 1.165) is 13.1 Å². The van der Waals surface area contributed by atoms with E-state index in [0.29, 0.717) is 6.61 Å². The molecule has 0 saturated carbocycles. The Morgan fingerprint density at radius 1 is 1.56 bits per heavy atom. The van der Waals surface area contributed by atoms with Crippen LogP contribution in [0.4, 0.5) is 0 Å². The van der Waals surface area contributed by atoms with Crippen molar-refractivity contribution in [2.24, 2.45) is 0 Å². The van der Waals surface area contributed by atoms with Crippen LogP contribution in [0.5, 0.6) is 0 Å². The summed E-state index contributed by atoms with van der Waals surface area (Å²) in [5, 5.41) is 8.62. The second-order valence-electron chi connectivity index (χ2n) is 1.84. The van der Waals surface area contributed by atoms with Gasteiger partial charge in [-0.1, -0.05) is 6.92 Å².